The molecule has 1 aliphatic rings. The highest BCUT2D eigenvalue weighted by Crippen LogP contribution is 2.34. The number of benzene rings is 1. The van der Waals surface area contributed by atoms with Gasteiger partial charge in [0.05, 0.1) is 11.6 Å². The Bertz CT molecular complexity index is 492. The zero-order chi connectivity index (χ0) is 16.8. The first-order valence-corrected chi connectivity index (χ1v) is 9.31. The minimum atomic E-state index is 0.335. The standard InChI is InChI=1S/C19H31ClN2O/c1-4-23-19-9-8-15(11-17(19)20)16(12-21)18-7-5-6-10-22(18)13-14(2)3/h8-9,11,14,16,18H,4-7,10,12-13,21H2,1-3H3. The zero-order valence-corrected chi connectivity index (χ0v) is 15.5. The molecule has 23 heavy (non-hydrogen) atoms. The number of hydrogen-bond acceptors (Lipinski definition) is 3. The molecule has 3 nitrogen and oxygen atoms in total. The number of nitrogens with zero attached hydrogens (tertiary/aromatic N) is 1. The monoisotopic (exact) mass is 338 g/mol. The maximum Gasteiger partial charge on any atom is 0.137 e. The fourth-order valence-electron chi connectivity index (χ4n) is 3.70. The molecule has 0 radical (unpaired) electrons. The predicted octanol–water partition coefficient (Wildman–Crippen LogP) is 4.29. The molecule has 1 fully saturated rings. The third-order valence-corrected chi connectivity index (χ3v) is 4.96. The molecule has 130 valence electrons. The van der Waals surface area contributed by atoms with Crippen LogP contribution in [0.1, 0.15) is 51.5 Å². The molecule has 4 heteroatoms. The number of nitrogens with two attached hydrogens (primary N) is 1. The average Bonchev–Trinajstić information content (AvgIpc) is 2.52. The van der Waals surface area contributed by atoms with Gasteiger partial charge in [-0.3, -0.25) is 4.90 Å². The fourth-order valence-corrected chi connectivity index (χ4v) is 3.95. The highest BCUT2D eigenvalue weighted by Gasteiger charge is 2.30. The van der Waals surface area contributed by atoms with E-state index in [1.807, 2.05) is 19.1 Å². The van der Waals surface area contributed by atoms with Crippen LogP contribution in [-0.2, 0) is 0 Å². The lowest BCUT2D eigenvalue weighted by Crippen LogP contribution is -2.46. The van der Waals surface area contributed by atoms with Crippen molar-refractivity contribution < 1.29 is 4.74 Å². The van der Waals surface area contributed by atoms with Gasteiger partial charge in [0.25, 0.3) is 0 Å². The van der Waals surface area contributed by atoms with Gasteiger partial charge >= 0.3 is 0 Å². The fraction of sp³-hybridized carbons (Fsp3) is 0.684. The van der Waals surface area contributed by atoms with Crippen LogP contribution in [0.15, 0.2) is 18.2 Å². The molecule has 1 aromatic rings. The predicted molar refractivity (Wildman–Crippen MR) is 98.5 cm³/mol. The topological polar surface area (TPSA) is 38.5 Å². The minimum Gasteiger partial charge on any atom is -0.492 e. The summed E-state index contributed by atoms with van der Waals surface area (Å²) in [6.45, 7) is 10.2. The summed E-state index contributed by atoms with van der Waals surface area (Å²) in [4.78, 5) is 2.63. The molecular formula is C19H31ClN2O. The molecule has 0 aliphatic carbocycles. The van der Waals surface area contributed by atoms with Crippen LogP contribution in [0.4, 0.5) is 0 Å². The van der Waals surface area contributed by atoms with Crippen LogP contribution in [0.3, 0.4) is 0 Å². The number of ether oxygens (including phenoxy) is 1. The second-order valence-electron chi connectivity index (χ2n) is 6.92. The van der Waals surface area contributed by atoms with Crippen LogP contribution in [0.25, 0.3) is 0 Å². The van der Waals surface area contributed by atoms with Crippen LogP contribution < -0.4 is 10.5 Å². The van der Waals surface area contributed by atoms with Crippen LogP contribution in [0.2, 0.25) is 5.02 Å². The normalized spacial score (nSPS) is 20.7. The first kappa shape index (κ1) is 18.6. The molecule has 0 saturated carbocycles. The number of halogens is 1. The highest BCUT2D eigenvalue weighted by atomic mass is 35.5. The third kappa shape index (κ3) is 4.85. The van der Waals surface area contributed by atoms with E-state index in [-0.39, 0.29) is 0 Å². The van der Waals surface area contributed by atoms with E-state index in [0.717, 1.165) is 12.3 Å². The lowest BCUT2D eigenvalue weighted by Gasteiger charge is -2.41. The summed E-state index contributed by atoms with van der Waals surface area (Å²) in [6.07, 6.45) is 3.81. The first-order valence-electron chi connectivity index (χ1n) is 8.93. The number of piperidine rings is 1. The summed E-state index contributed by atoms with van der Waals surface area (Å²) in [5.41, 5.74) is 7.41. The van der Waals surface area contributed by atoms with Gasteiger partial charge in [0.1, 0.15) is 5.75 Å². The van der Waals surface area contributed by atoms with Gasteiger partial charge in [-0.1, -0.05) is 37.9 Å². The largest absolute Gasteiger partial charge is 0.492 e. The van der Waals surface area contributed by atoms with E-state index in [0.29, 0.717) is 36.1 Å². The van der Waals surface area contributed by atoms with Gasteiger partial charge in [-0.05, 0) is 49.9 Å². The van der Waals surface area contributed by atoms with Crippen LogP contribution in [0.5, 0.6) is 5.75 Å². The van der Waals surface area contributed by atoms with Gasteiger partial charge in [-0.25, -0.2) is 0 Å². The lowest BCUT2D eigenvalue weighted by atomic mass is 9.84. The van der Waals surface area contributed by atoms with E-state index in [2.05, 4.69) is 24.8 Å². The molecule has 0 amide bonds. The Morgan fingerprint density at radius 1 is 1.35 bits per heavy atom. The van der Waals surface area contributed by atoms with Crippen LogP contribution >= 0.6 is 11.6 Å². The van der Waals surface area contributed by atoms with Crippen LogP contribution in [-0.4, -0.2) is 37.2 Å². The molecule has 1 heterocycles. The van der Waals surface area contributed by atoms with Crippen molar-refractivity contribution in [2.24, 2.45) is 11.7 Å². The molecule has 2 unspecified atom stereocenters. The van der Waals surface area contributed by atoms with E-state index in [9.17, 15) is 0 Å². The Balaban J connectivity index is 2.21. The molecule has 1 saturated heterocycles. The smallest absolute Gasteiger partial charge is 0.137 e. The number of hydrogen-bond donors (Lipinski definition) is 1. The Morgan fingerprint density at radius 2 is 2.13 bits per heavy atom. The summed E-state index contributed by atoms with van der Waals surface area (Å²) in [5, 5.41) is 0.689. The maximum atomic E-state index is 6.39. The Hall–Kier alpha value is -0.770. The zero-order valence-electron chi connectivity index (χ0n) is 14.7. The van der Waals surface area contributed by atoms with E-state index >= 15 is 0 Å². The highest BCUT2D eigenvalue weighted by molar-refractivity contribution is 6.32. The van der Waals surface area contributed by atoms with Gasteiger partial charge in [-0.15, -0.1) is 0 Å². The van der Waals surface area contributed by atoms with E-state index in [4.69, 9.17) is 22.1 Å². The molecule has 1 aromatic carbocycles. The van der Waals surface area contributed by atoms with Gasteiger partial charge in [0, 0.05) is 25.0 Å². The van der Waals surface area contributed by atoms with Crippen molar-refractivity contribution in [2.45, 2.75) is 52.0 Å². The van der Waals surface area contributed by atoms with Crippen molar-refractivity contribution >= 4 is 11.6 Å². The van der Waals surface area contributed by atoms with Gasteiger partial charge in [0.15, 0.2) is 0 Å². The molecule has 2 atom stereocenters. The Morgan fingerprint density at radius 3 is 2.74 bits per heavy atom. The molecule has 0 bridgehead atoms. The average molecular weight is 339 g/mol. The quantitative estimate of drug-likeness (QED) is 0.805. The summed E-state index contributed by atoms with van der Waals surface area (Å²) >= 11 is 6.39. The van der Waals surface area contributed by atoms with Gasteiger partial charge < -0.3 is 10.5 Å². The number of likely N-dealkylation sites (tertiary alicyclic amines) is 1. The van der Waals surface area contributed by atoms with E-state index < -0.39 is 0 Å². The number of rotatable bonds is 7. The van der Waals surface area contributed by atoms with Gasteiger partial charge in [-0.2, -0.15) is 0 Å². The summed E-state index contributed by atoms with van der Waals surface area (Å²) < 4.78 is 5.55. The first-order chi connectivity index (χ1) is 11.1. The second kappa shape index (κ2) is 8.91. The third-order valence-electron chi connectivity index (χ3n) is 4.67. The summed E-state index contributed by atoms with van der Waals surface area (Å²) in [5.74, 6) is 1.77. The van der Waals surface area contributed by atoms with Crippen molar-refractivity contribution in [3.05, 3.63) is 28.8 Å². The summed E-state index contributed by atoms with van der Waals surface area (Å²) in [6, 6.07) is 6.69. The molecule has 2 rings (SSSR count). The van der Waals surface area contributed by atoms with E-state index in [1.165, 1.54) is 31.4 Å². The second-order valence-corrected chi connectivity index (χ2v) is 7.32. The van der Waals surface area contributed by atoms with Crippen LogP contribution in [0, 0.1) is 5.92 Å². The Kier molecular flexibility index (Phi) is 7.19. The lowest BCUT2D eigenvalue weighted by molar-refractivity contribution is 0.112. The van der Waals surface area contributed by atoms with Crippen molar-refractivity contribution in [2.75, 3.05) is 26.2 Å². The molecule has 0 aromatic heterocycles. The SMILES string of the molecule is CCOc1ccc(C(CN)C2CCCCN2CC(C)C)cc1Cl. The molecular weight excluding hydrogens is 308 g/mol. The molecule has 1 aliphatic heterocycles. The van der Waals surface area contributed by atoms with Crippen molar-refractivity contribution in [3.8, 4) is 5.75 Å². The van der Waals surface area contributed by atoms with E-state index in [1.54, 1.807) is 0 Å². The van der Waals surface area contributed by atoms with Crippen molar-refractivity contribution in [3.63, 3.8) is 0 Å². The maximum absolute atomic E-state index is 6.39. The minimum absolute atomic E-state index is 0.335. The molecule has 2 N–H and O–H groups in total. The van der Waals surface area contributed by atoms with Crippen molar-refractivity contribution in [1.82, 2.24) is 4.90 Å². The van der Waals surface area contributed by atoms with Gasteiger partial charge in [0.2, 0.25) is 0 Å². The Labute approximate surface area is 146 Å². The molecule has 0 spiro atoms. The summed E-state index contributed by atoms with van der Waals surface area (Å²) in [7, 11) is 0. The van der Waals surface area contributed by atoms with Crippen molar-refractivity contribution in [1.29, 1.82) is 0 Å².